The number of ether oxygens (including phenoxy) is 1. The number of rotatable bonds is 7. The summed E-state index contributed by atoms with van der Waals surface area (Å²) in [7, 11) is 1.59. The van der Waals surface area contributed by atoms with Crippen molar-refractivity contribution >= 4 is 17.4 Å². The van der Waals surface area contributed by atoms with Crippen LogP contribution in [0.1, 0.15) is 16.8 Å². The number of carbonyl (C=O) groups is 1. The first kappa shape index (κ1) is 16.8. The fourth-order valence-corrected chi connectivity index (χ4v) is 1.89. The Hall–Kier alpha value is -2.54. The minimum absolute atomic E-state index is 0.0801. The Balaban J connectivity index is 2.03. The number of methoxy groups -OCH3 is 1. The van der Waals surface area contributed by atoms with Crippen molar-refractivity contribution in [3.63, 3.8) is 0 Å². The van der Waals surface area contributed by atoms with Crippen LogP contribution in [0.25, 0.3) is 0 Å². The Kier molecular flexibility index (Phi) is 5.99. The van der Waals surface area contributed by atoms with Gasteiger partial charge in [-0.05, 0) is 30.7 Å². The van der Waals surface area contributed by atoms with Gasteiger partial charge < -0.3 is 15.4 Å². The molecule has 0 aliphatic heterocycles. The van der Waals surface area contributed by atoms with Gasteiger partial charge >= 0.3 is 0 Å². The lowest BCUT2D eigenvalue weighted by molar-refractivity contribution is 0.0948. The lowest BCUT2D eigenvalue weighted by Gasteiger charge is -2.09. The molecule has 1 amide bonds. The van der Waals surface area contributed by atoms with E-state index in [9.17, 15) is 13.6 Å². The molecule has 0 bridgehead atoms. The molecular weight excluding hydrogens is 304 g/mol. The highest BCUT2D eigenvalue weighted by molar-refractivity contribution is 5.94. The van der Waals surface area contributed by atoms with Crippen LogP contribution in [0, 0.1) is 11.6 Å². The van der Waals surface area contributed by atoms with Crippen LogP contribution >= 0.6 is 0 Å². The third-order valence-electron chi connectivity index (χ3n) is 3.03. The van der Waals surface area contributed by atoms with Crippen molar-refractivity contribution in [3.8, 4) is 0 Å². The molecule has 0 fully saturated rings. The van der Waals surface area contributed by atoms with E-state index in [-0.39, 0.29) is 11.6 Å². The van der Waals surface area contributed by atoms with E-state index < -0.39 is 11.6 Å². The third kappa shape index (κ3) is 5.00. The van der Waals surface area contributed by atoms with Crippen LogP contribution in [-0.2, 0) is 4.74 Å². The SMILES string of the molecule is COCCCNC(=O)c1ccnc(Nc2ccc(F)cc2F)c1. The molecule has 122 valence electrons. The van der Waals surface area contributed by atoms with Gasteiger partial charge in [0, 0.05) is 38.1 Å². The van der Waals surface area contributed by atoms with E-state index in [1.165, 1.54) is 18.3 Å². The summed E-state index contributed by atoms with van der Waals surface area (Å²) in [5, 5.41) is 5.46. The quantitative estimate of drug-likeness (QED) is 0.770. The fraction of sp³-hybridized carbons (Fsp3) is 0.250. The molecule has 1 heterocycles. The van der Waals surface area contributed by atoms with Crippen LogP contribution in [0.15, 0.2) is 36.5 Å². The number of nitrogens with zero attached hydrogens (tertiary/aromatic N) is 1. The maximum absolute atomic E-state index is 13.6. The first-order chi connectivity index (χ1) is 11.1. The molecule has 2 N–H and O–H groups in total. The van der Waals surface area contributed by atoms with Crippen molar-refractivity contribution in [2.24, 2.45) is 0 Å². The number of carbonyl (C=O) groups excluding carboxylic acids is 1. The van der Waals surface area contributed by atoms with Gasteiger partial charge in [-0.15, -0.1) is 0 Å². The zero-order chi connectivity index (χ0) is 16.7. The fourth-order valence-electron chi connectivity index (χ4n) is 1.89. The molecule has 1 aromatic heterocycles. The van der Waals surface area contributed by atoms with Crippen LogP contribution in [-0.4, -0.2) is 31.2 Å². The minimum Gasteiger partial charge on any atom is -0.385 e. The summed E-state index contributed by atoms with van der Waals surface area (Å²) < 4.78 is 31.4. The Morgan fingerprint density at radius 1 is 1.26 bits per heavy atom. The van der Waals surface area contributed by atoms with E-state index in [2.05, 4.69) is 15.6 Å². The van der Waals surface area contributed by atoms with Gasteiger partial charge in [-0.1, -0.05) is 0 Å². The molecule has 0 aliphatic carbocycles. The maximum Gasteiger partial charge on any atom is 0.251 e. The Morgan fingerprint density at radius 2 is 2.09 bits per heavy atom. The standard InChI is InChI=1S/C16H17F2N3O2/c1-23-8-2-6-20-16(22)11-5-7-19-15(9-11)21-14-4-3-12(17)10-13(14)18/h3-5,7,9-10H,2,6,8H2,1H3,(H,19,21)(H,20,22). The number of halogens is 2. The highest BCUT2D eigenvalue weighted by Crippen LogP contribution is 2.19. The summed E-state index contributed by atoms with van der Waals surface area (Å²) >= 11 is 0. The van der Waals surface area contributed by atoms with E-state index in [1.54, 1.807) is 13.2 Å². The van der Waals surface area contributed by atoms with Gasteiger partial charge in [0.2, 0.25) is 0 Å². The highest BCUT2D eigenvalue weighted by atomic mass is 19.1. The van der Waals surface area contributed by atoms with E-state index >= 15 is 0 Å². The zero-order valence-corrected chi connectivity index (χ0v) is 12.6. The molecule has 0 spiro atoms. The zero-order valence-electron chi connectivity index (χ0n) is 12.6. The molecule has 1 aromatic carbocycles. The second kappa shape index (κ2) is 8.19. The monoisotopic (exact) mass is 321 g/mol. The van der Waals surface area contributed by atoms with Gasteiger partial charge in [0.15, 0.2) is 0 Å². The average molecular weight is 321 g/mol. The van der Waals surface area contributed by atoms with Crippen molar-refractivity contribution in [2.45, 2.75) is 6.42 Å². The summed E-state index contributed by atoms with van der Waals surface area (Å²) in [4.78, 5) is 16.0. The lowest BCUT2D eigenvalue weighted by Crippen LogP contribution is -2.25. The molecule has 0 atom stereocenters. The third-order valence-corrected chi connectivity index (χ3v) is 3.03. The van der Waals surface area contributed by atoms with Gasteiger partial charge in [-0.3, -0.25) is 4.79 Å². The van der Waals surface area contributed by atoms with Gasteiger partial charge in [0.1, 0.15) is 17.5 Å². The van der Waals surface area contributed by atoms with Crippen LogP contribution in [0.2, 0.25) is 0 Å². The molecule has 2 aromatic rings. The normalized spacial score (nSPS) is 10.4. The maximum atomic E-state index is 13.6. The van der Waals surface area contributed by atoms with Crippen LogP contribution in [0.3, 0.4) is 0 Å². The second-order valence-corrected chi connectivity index (χ2v) is 4.78. The number of pyridine rings is 1. The van der Waals surface area contributed by atoms with E-state index in [0.717, 1.165) is 12.1 Å². The van der Waals surface area contributed by atoms with Gasteiger partial charge in [0.25, 0.3) is 5.91 Å². The molecule has 0 unspecified atom stereocenters. The minimum atomic E-state index is -0.735. The summed E-state index contributed by atoms with van der Waals surface area (Å²) in [6.07, 6.45) is 2.15. The Morgan fingerprint density at radius 3 is 2.83 bits per heavy atom. The number of nitrogens with one attached hydrogen (secondary N) is 2. The van der Waals surface area contributed by atoms with E-state index in [4.69, 9.17) is 4.74 Å². The van der Waals surface area contributed by atoms with Gasteiger partial charge in [0.05, 0.1) is 5.69 Å². The van der Waals surface area contributed by atoms with Crippen molar-refractivity contribution in [1.82, 2.24) is 10.3 Å². The first-order valence-electron chi connectivity index (χ1n) is 7.05. The van der Waals surface area contributed by atoms with Crippen molar-refractivity contribution in [1.29, 1.82) is 0 Å². The molecule has 0 saturated heterocycles. The predicted octanol–water partition coefficient (Wildman–Crippen LogP) is 2.87. The molecular formula is C16H17F2N3O2. The Bertz CT molecular complexity index is 680. The van der Waals surface area contributed by atoms with Gasteiger partial charge in [-0.2, -0.15) is 0 Å². The molecule has 0 radical (unpaired) electrons. The number of benzene rings is 1. The Labute approximate surface area is 132 Å². The summed E-state index contributed by atoms with van der Waals surface area (Å²) in [5.41, 5.74) is 0.471. The van der Waals surface area contributed by atoms with Crippen molar-refractivity contribution < 1.29 is 18.3 Å². The van der Waals surface area contributed by atoms with Crippen LogP contribution < -0.4 is 10.6 Å². The molecule has 7 heteroatoms. The molecule has 5 nitrogen and oxygen atoms in total. The molecule has 0 aliphatic rings. The topological polar surface area (TPSA) is 63.2 Å². The van der Waals surface area contributed by atoms with Gasteiger partial charge in [-0.25, -0.2) is 13.8 Å². The average Bonchev–Trinajstić information content (AvgIpc) is 2.54. The lowest BCUT2D eigenvalue weighted by atomic mass is 10.2. The summed E-state index contributed by atoms with van der Waals surface area (Å²) in [6.45, 7) is 1.05. The molecule has 23 heavy (non-hydrogen) atoms. The number of anilines is 2. The van der Waals surface area contributed by atoms with Crippen molar-refractivity contribution in [2.75, 3.05) is 25.6 Å². The number of hydrogen-bond acceptors (Lipinski definition) is 4. The number of hydrogen-bond donors (Lipinski definition) is 2. The first-order valence-corrected chi connectivity index (χ1v) is 7.05. The smallest absolute Gasteiger partial charge is 0.251 e. The number of aromatic nitrogens is 1. The summed E-state index contributed by atoms with van der Waals surface area (Å²) in [6, 6.07) is 6.22. The number of amides is 1. The highest BCUT2D eigenvalue weighted by Gasteiger charge is 2.08. The van der Waals surface area contributed by atoms with Crippen molar-refractivity contribution in [3.05, 3.63) is 53.7 Å². The van der Waals surface area contributed by atoms with Crippen LogP contribution in [0.5, 0.6) is 0 Å². The second-order valence-electron chi connectivity index (χ2n) is 4.78. The largest absolute Gasteiger partial charge is 0.385 e. The summed E-state index contributed by atoms with van der Waals surface area (Å²) in [5.74, 6) is -1.36. The molecule has 0 saturated carbocycles. The van der Waals surface area contributed by atoms with Crippen LogP contribution in [0.4, 0.5) is 20.3 Å². The van der Waals surface area contributed by atoms with E-state index in [0.29, 0.717) is 31.0 Å². The predicted molar refractivity (Wildman–Crippen MR) is 82.7 cm³/mol. The van der Waals surface area contributed by atoms with E-state index in [1.807, 2.05) is 0 Å². The molecule has 2 rings (SSSR count).